The van der Waals surface area contributed by atoms with Crippen molar-refractivity contribution < 1.29 is 19.4 Å². The molecule has 112 valence electrons. The highest BCUT2D eigenvalue weighted by molar-refractivity contribution is 5.71. The molecule has 0 rings (SSSR count). The highest BCUT2D eigenvalue weighted by Gasteiger charge is 2.26. The van der Waals surface area contributed by atoms with Crippen molar-refractivity contribution in [3.05, 3.63) is 0 Å². The van der Waals surface area contributed by atoms with Crippen LogP contribution in [0.2, 0.25) is 0 Å². The molecule has 0 aliphatic heterocycles. The van der Waals surface area contributed by atoms with Crippen LogP contribution in [0.1, 0.15) is 48.0 Å². The van der Waals surface area contributed by atoms with Gasteiger partial charge in [-0.25, -0.2) is 4.79 Å². The zero-order chi connectivity index (χ0) is 15.2. The monoisotopic (exact) mass is 273 g/mol. The van der Waals surface area contributed by atoms with Gasteiger partial charge in [0.1, 0.15) is 5.60 Å². The molecule has 0 aromatic carbocycles. The summed E-state index contributed by atoms with van der Waals surface area (Å²) in [5, 5.41) is 11.8. The molecule has 0 heterocycles. The molecule has 0 bridgehead atoms. The molecule has 19 heavy (non-hydrogen) atoms. The Labute approximate surface area is 115 Å². The van der Waals surface area contributed by atoms with E-state index in [1.807, 2.05) is 20.8 Å². The maximum Gasteiger partial charge on any atom is 0.407 e. The number of nitrogens with one attached hydrogen (secondary N) is 1. The van der Waals surface area contributed by atoms with Crippen LogP contribution in [0.3, 0.4) is 0 Å². The van der Waals surface area contributed by atoms with Crippen molar-refractivity contribution in [2.45, 2.75) is 53.6 Å². The number of carbonyl (C=O) groups is 2. The van der Waals surface area contributed by atoms with E-state index in [2.05, 4.69) is 5.32 Å². The fraction of sp³-hybridized carbons (Fsp3) is 0.857. The lowest BCUT2D eigenvalue weighted by Gasteiger charge is -2.24. The van der Waals surface area contributed by atoms with Crippen LogP contribution in [0, 0.1) is 17.8 Å². The number of alkyl carbamates (subject to hydrolysis) is 1. The predicted molar refractivity (Wildman–Crippen MR) is 74.0 cm³/mol. The number of amides is 1. The maximum atomic E-state index is 11.5. The van der Waals surface area contributed by atoms with Crippen molar-refractivity contribution in [2.75, 3.05) is 6.54 Å². The van der Waals surface area contributed by atoms with Crippen LogP contribution in [0.25, 0.3) is 0 Å². The highest BCUT2D eigenvalue weighted by Crippen LogP contribution is 2.20. The summed E-state index contributed by atoms with van der Waals surface area (Å²) in [5.41, 5.74) is -0.544. The molecule has 0 spiro atoms. The van der Waals surface area contributed by atoms with E-state index >= 15 is 0 Å². The normalized spacial score (nSPS) is 14.9. The summed E-state index contributed by atoms with van der Waals surface area (Å²) in [4.78, 5) is 22.7. The predicted octanol–water partition coefficient (Wildman–Crippen LogP) is 2.89. The number of hydrogen-bond donors (Lipinski definition) is 2. The van der Waals surface area contributed by atoms with Crippen LogP contribution < -0.4 is 5.32 Å². The Balaban J connectivity index is 4.30. The van der Waals surface area contributed by atoms with Gasteiger partial charge in [0.05, 0.1) is 5.92 Å². The third-order valence-corrected chi connectivity index (χ3v) is 2.70. The molecule has 0 saturated carbocycles. The van der Waals surface area contributed by atoms with Gasteiger partial charge in [-0.3, -0.25) is 4.79 Å². The molecule has 0 aliphatic rings. The Morgan fingerprint density at radius 1 is 1.21 bits per heavy atom. The number of carboxylic acids is 1. The van der Waals surface area contributed by atoms with Gasteiger partial charge in [-0.05, 0) is 39.0 Å². The number of rotatable bonds is 6. The van der Waals surface area contributed by atoms with Crippen LogP contribution in [-0.4, -0.2) is 29.3 Å². The summed E-state index contributed by atoms with van der Waals surface area (Å²) in [6, 6.07) is 0. The zero-order valence-electron chi connectivity index (χ0n) is 12.8. The molecule has 0 radical (unpaired) electrons. The molecule has 0 aromatic heterocycles. The Bertz CT molecular complexity index is 307. The van der Waals surface area contributed by atoms with Crippen molar-refractivity contribution in [1.29, 1.82) is 0 Å². The molecule has 1 amide bonds. The summed E-state index contributed by atoms with van der Waals surface area (Å²) in [5.74, 6) is -1.08. The number of carbonyl (C=O) groups excluding carboxylic acids is 1. The van der Waals surface area contributed by atoms with Gasteiger partial charge in [-0.1, -0.05) is 20.8 Å². The minimum absolute atomic E-state index is 0.132. The lowest BCUT2D eigenvalue weighted by Crippen LogP contribution is -2.37. The van der Waals surface area contributed by atoms with Gasteiger partial charge in [-0.15, -0.1) is 0 Å². The van der Waals surface area contributed by atoms with E-state index in [0.717, 1.165) is 0 Å². The molecule has 5 nitrogen and oxygen atoms in total. The van der Waals surface area contributed by atoms with Crippen LogP contribution >= 0.6 is 0 Å². The second kappa shape index (κ2) is 7.36. The largest absolute Gasteiger partial charge is 0.481 e. The molecule has 0 aliphatic carbocycles. The average molecular weight is 273 g/mol. The highest BCUT2D eigenvalue weighted by atomic mass is 16.6. The van der Waals surface area contributed by atoms with Crippen molar-refractivity contribution in [3.63, 3.8) is 0 Å². The summed E-state index contributed by atoms with van der Waals surface area (Å²) in [7, 11) is 0. The molecule has 2 atom stereocenters. The van der Waals surface area contributed by atoms with Crippen LogP contribution in [0.4, 0.5) is 4.79 Å². The molecular formula is C14H27NO4. The summed E-state index contributed by atoms with van der Waals surface area (Å²) >= 11 is 0. The summed E-state index contributed by atoms with van der Waals surface area (Å²) < 4.78 is 5.11. The van der Waals surface area contributed by atoms with Crippen LogP contribution in [0.15, 0.2) is 0 Å². The topological polar surface area (TPSA) is 75.6 Å². The van der Waals surface area contributed by atoms with Crippen molar-refractivity contribution in [1.82, 2.24) is 5.32 Å². The number of hydrogen-bond acceptors (Lipinski definition) is 3. The first kappa shape index (κ1) is 17.7. The molecule has 0 aromatic rings. The summed E-state index contributed by atoms with van der Waals surface area (Å²) in [6.45, 7) is 11.5. The van der Waals surface area contributed by atoms with Gasteiger partial charge in [0.2, 0.25) is 0 Å². The molecule has 0 fully saturated rings. The van der Waals surface area contributed by atoms with Gasteiger partial charge >= 0.3 is 12.1 Å². The van der Waals surface area contributed by atoms with E-state index in [-0.39, 0.29) is 5.92 Å². The third-order valence-electron chi connectivity index (χ3n) is 2.70. The first-order valence-electron chi connectivity index (χ1n) is 6.72. The van der Waals surface area contributed by atoms with Crippen molar-refractivity contribution in [3.8, 4) is 0 Å². The Morgan fingerprint density at radius 2 is 1.74 bits per heavy atom. The number of carboxylic acid groups (broad SMARTS) is 1. The van der Waals surface area contributed by atoms with E-state index in [1.165, 1.54) is 0 Å². The van der Waals surface area contributed by atoms with Gasteiger partial charge in [0.15, 0.2) is 0 Å². The van der Waals surface area contributed by atoms with E-state index in [1.54, 1.807) is 20.8 Å². The fourth-order valence-electron chi connectivity index (χ4n) is 1.79. The van der Waals surface area contributed by atoms with E-state index < -0.39 is 23.6 Å². The minimum atomic E-state index is -0.813. The van der Waals surface area contributed by atoms with Crippen LogP contribution in [0.5, 0.6) is 0 Å². The van der Waals surface area contributed by atoms with Crippen LogP contribution in [-0.2, 0) is 9.53 Å². The average Bonchev–Trinajstić information content (AvgIpc) is 2.19. The third kappa shape index (κ3) is 8.46. The number of ether oxygens (including phenoxy) is 1. The summed E-state index contributed by atoms with van der Waals surface area (Å²) in [6.07, 6.45) is 0.0972. The Hall–Kier alpha value is -1.26. The molecule has 2 N–H and O–H groups in total. The van der Waals surface area contributed by atoms with Crippen molar-refractivity contribution in [2.24, 2.45) is 17.8 Å². The lowest BCUT2D eigenvalue weighted by molar-refractivity contribution is -0.144. The molecule has 0 saturated heterocycles. The minimum Gasteiger partial charge on any atom is -0.481 e. The van der Waals surface area contributed by atoms with E-state index in [4.69, 9.17) is 4.74 Å². The first-order valence-corrected chi connectivity index (χ1v) is 6.72. The quantitative estimate of drug-likeness (QED) is 0.780. The lowest BCUT2D eigenvalue weighted by atomic mass is 9.86. The Morgan fingerprint density at radius 3 is 2.11 bits per heavy atom. The second-order valence-corrected chi connectivity index (χ2v) is 6.43. The first-order chi connectivity index (χ1) is 8.53. The van der Waals surface area contributed by atoms with E-state index in [9.17, 15) is 14.7 Å². The SMILES string of the molecule is CC(C)C[C@H](C(=O)O)[C@H](C)CNC(=O)OC(C)(C)C. The van der Waals surface area contributed by atoms with Gasteiger partial charge in [-0.2, -0.15) is 0 Å². The smallest absolute Gasteiger partial charge is 0.407 e. The van der Waals surface area contributed by atoms with Gasteiger partial charge in [0, 0.05) is 6.54 Å². The molecule has 5 heteroatoms. The zero-order valence-corrected chi connectivity index (χ0v) is 12.8. The van der Waals surface area contributed by atoms with Gasteiger partial charge < -0.3 is 15.2 Å². The van der Waals surface area contributed by atoms with Crippen molar-refractivity contribution >= 4 is 12.1 Å². The van der Waals surface area contributed by atoms with E-state index in [0.29, 0.717) is 18.9 Å². The molecule has 0 unspecified atom stereocenters. The fourth-order valence-corrected chi connectivity index (χ4v) is 1.79. The standard InChI is InChI=1S/C14H27NO4/c1-9(2)7-11(12(16)17)10(3)8-15-13(18)19-14(4,5)6/h9-11H,7-8H2,1-6H3,(H,15,18)(H,16,17)/t10-,11+/m1/s1. The van der Waals surface area contributed by atoms with Gasteiger partial charge in [0.25, 0.3) is 0 Å². The maximum absolute atomic E-state index is 11.5. The Kier molecular flexibility index (Phi) is 6.87. The number of aliphatic carboxylic acids is 1. The second-order valence-electron chi connectivity index (χ2n) is 6.43. The molecular weight excluding hydrogens is 246 g/mol.